The number of benzene rings is 1. The van der Waals surface area contributed by atoms with Gasteiger partial charge in [0, 0.05) is 5.56 Å². The molecule has 0 fully saturated rings. The summed E-state index contributed by atoms with van der Waals surface area (Å²) in [6.07, 6.45) is 3.01. The van der Waals surface area contributed by atoms with Gasteiger partial charge in [-0.3, -0.25) is 9.59 Å². The maximum absolute atomic E-state index is 12.1. The summed E-state index contributed by atoms with van der Waals surface area (Å²) in [5.74, 6) is 0.00226. The third-order valence-corrected chi connectivity index (χ3v) is 3.71. The van der Waals surface area contributed by atoms with Crippen molar-refractivity contribution in [3.05, 3.63) is 50.9 Å². The predicted octanol–water partition coefficient (Wildman–Crippen LogP) is 3.42. The van der Waals surface area contributed by atoms with Gasteiger partial charge in [-0.2, -0.15) is 0 Å². The zero-order chi connectivity index (χ0) is 14.7. The highest BCUT2D eigenvalue weighted by molar-refractivity contribution is 9.13. The molecule has 1 aliphatic carbocycles. The Hall–Kier alpha value is -1.53. The Morgan fingerprint density at radius 2 is 1.85 bits per heavy atom. The van der Waals surface area contributed by atoms with E-state index in [9.17, 15) is 9.59 Å². The molecule has 1 aliphatic rings. The third-order valence-electron chi connectivity index (χ3n) is 2.53. The van der Waals surface area contributed by atoms with Gasteiger partial charge in [-0.1, -0.05) is 6.07 Å². The number of aliphatic imine (C=N–C) groups is 1. The average Bonchev–Trinajstić information content (AvgIpc) is 2.44. The molecule has 0 unspecified atom stereocenters. The van der Waals surface area contributed by atoms with E-state index in [4.69, 9.17) is 4.74 Å². The molecule has 0 radical (unpaired) electrons. The Balaban J connectivity index is 2.31. The fraction of sp³-hybridized carbons (Fsp3) is 0.0714. The number of carbonyl (C=O) groups is 2. The molecule has 20 heavy (non-hydrogen) atoms. The first kappa shape index (κ1) is 14.9. The fourth-order valence-electron chi connectivity index (χ4n) is 1.55. The van der Waals surface area contributed by atoms with Crippen LogP contribution in [-0.4, -0.2) is 24.5 Å². The van der Waals surface area contributed by atoms with E-state index in [1.165, 1.54) is 19.3 Å². The molecule has 1 aromatic rings. The van der Waals surface area contributed by atoms with Crippen LogP contribution in [0.15, 0.2) is 50.4 Å². The lowest BCUT2D eigenvalue weighted by Crippen LogP contribution is -2.09. The van der Waals surface area contributed by atoms with Crippen molar-refractivity contribution in [2.75, 3.05) is 7.11 Å². The molecule has 6 heteroatoms. The smallest absolute Gasteiger partial charge is 0.277 e. The molecule has 0 spiro atoms. The molecule has 2 rings (SSSR count). The molecule has 0 N–H and O–H groups in total. The lowest BCUT2D eigenvalue weighted by Gasteiger charge is -2.06. The highest BCUT2D eigenvalue weighted by atomic mass is 79.9. The Bertz CT molecular complexity index is 651. The van der Waals surface area contributed by atoms with E-state index in [-0.39, 0.29) is 5.78 Å². The molecule has 0 bridgehead atoms. The molecule has 0 aromatic heterocycles. The molecule has 0 saturated heterocycles. The van der Waals surface area contributed by atoms with Crippen LogP contribution in [0.3, 0.4) is 0 Å². The first-order valence-electron chi connectivity index (χ1n) is 5.57. The minimum atomic E-state index is -0.402. The number of amides is 1. The molecule has 102 valence electrons. The lowest BCUT2D eigenvalue weighted by atomic mass is 10.1. The topological polar surface area (TPSA) is 55.7 Å². The van der Waals surface area contributed by atoms with Gasteiger partial charge < -0.3 is 4.74 Å². The van der Waals surface area contributed by atoms with Gasteiger partial charge >= 0.3 is 0 Å². The lowest BCUT2D eigenvalue weighted by molar-refractivity contribution is -0.110. The van der Waals surface area contributed by atoms with Crippen molar-refractivity contribution in [3.8, 4) is 5.75 Å². The third kappa shape index (κ3) is 3.32. The summed E-state index contributed by atoms with van der Waals surface area (Å²) >= 11 is 6.26. The minimum Gasteiger partial charge on any atom is -0.497 e. The van der Waals surface area contributed by atoms with E-state index in [1.54, 1.807) is 24.3 Å². The standard InChI is InChI=1S/C14H9Br2NO3/c1-20-10-4-2-3-8(5-10)14(19)17-9-6-11(15)13(18)12(16)7-9/h2-7H,1H3. The number of methoxy groups -OCH3 is 1. The molecule has 1 amide bonds. The van der Waals surface area contributed by atoms with Crippen molar-refractivity contribution in [3.63, 3.8) is 0 Å². The second kappa shape index (κ2) is 6.28. The van der Waals surface area contributed by atoms with Crippen LogP contribution in [0.5, 0.6) is 5.75 Å². The van der Waals surface area contributed by atoms with Gasteiger partial charge in [-0.15, -0.1) is 0 Å². The maximum atomic E-state index is 12.1. The van der Waals surface area contributed by atoms with Crippen LogP contribution >= 0.6 is 31.9 Å². The van der Waals surface area contributed by atoms with Crippen molar-refractivity contribution >= 4 is 49.3 Å². The summed E-state index contributed by atoms with van der Waals surface area (Å²) in [4.78, 5) is 27.6. The first-order chi connectivity index (χ1) is 9.51. The number of ketones is 1. The van der Waals surface area contributed by atoms with Gasteiger partial charge in [-0.05, 0) is 62.2 Å². The molecular formula is C14H9Br2NO3. The van der Waals surface area contributed by atoms with Gasteiger partial charge in [0.2, 0.25) is 5.78 Å². The number of nitrogens with zero attached hydrogens (tertiary/aromatic N) is 1. The van der Waals surface area contributed by atoms with E-state index in [2.05, 4.69) is 36.9 Å². The number of hydrogen-bond donors (Lipinski definition) is 0. The maximum Gasteiger partial charge on any atom is 0.277 e. The predicted molar refractivity (Wildman–Crippen MR) is 83.8 cm³/mol. The number of rotatable bonds is 2. The Morgan fingerprint density at radius 1 is 1.20 bits per heavy atom. The Kier molecular flexibility index (Phi) is 4.67. The van der Waals surface area contributed by atoms with Crippen molar-refractivity contribution in [1.82, 2.24) is 0 Å². The number of ether oxygens (including phenoxy) is 1. The second-order valence-electron chi connectivity index (χ2n) is 3.89. The van der Waals surface area contributed by atoms with E-state index in [1.807, 2.05) is 0 Å². The second-order valence-corrected chi connectivity index (χ2v) is 5.60. The number of carbonyl (C=O) groups excluding carboxylic acids is 2. The van der Waals surface area contributed by atoms with Crippen LogP contribution in [0, 0.1) is 0 Å². The highest BCUT2D eigenvalue weighted by Gasteiger charge is 2.17. The fourth-order valence-corrected chi connectivity index (χ4v) is 2.71. The van der Waals surface area contributed by atoms with Gasteiger partial charge in [0.05, 0.1) is 21.8 Å². The molecule has 0 aliphatic heterocycles. The number of Topliss-reactive ketones (excluding diaryl/α,β-unsaturated/α-hetero) is 1. The van der Waals surface area contributed by atoms with Gasteiger partial charge in [0.15, 0.2) is 0 Å². The molecule has 0 heterocycles. The van der Waals surface area contributed by atoms with Crippen LogP contribution in [0.2, 0.25) is 0 Å². The summed E-state index contributed by atoms with van der Waals surface area (Å²) in [6.45, 7) is 0. The van der Waals surface area contributed by atoms with Gasteiger partial charge in [-0.25, -0.2) is 4.99 Å². The van der Waals surface area contributed by atoms with E-state index < -0.39 is 5.91 Å². The van der Waals surface area contributed by atoms with Crippen LogP contribution in [0.25, 0.3) is 0 Å². The van der Waals surface area contributed by atoms with Gasteiger partial charge in [0.25, 0.3) is 5.91 Å². The van der Waals surface area contributed by atoms with Crippen molar-refractivity contribution in [1.29, 1.82) is 0 Å². The molecule has 0 atom stereocenters. The minimum absolute atomic E-state index is 0.183. The van der Waals surface area contributed by atoms with Crippen molar-refractivity contribution in [2.45, 2.75) is 0 Å². The molecule has 4 nitrogen and oxygen atoms in total. The average molecular weight is 399 g/mol. The molecule has 0 saturated carbocycles. The summed E-state index contributed by atoms with van der Waals surface area (Å²) in [7, 11) is 1.53. The van der Waals surface area contributed by atoms with Crippen LogP contribution < -0.4 is 4.74 Å². The highest BCUT2D eigenvalue weighted by Crippen LogP contribution is 2.22. The quantitative estimate of drug-likeness (QED) is 0.717. The van der Waals surface area contributed by atoms with Gasteiger partial charge in [0.1, 0.15) is 5.75 Å². The largest absolute Gasteiger partial charge is 0.497 e. The number of hydrogen-bond acceptors (Lipinski definition) is 3. The normalized spacial score (nSPS) is 14.6. The van der Waals surface area contributed by atoms with E-state index in [0.29, 0.717) is 26.0 Å². The molecule has 1 aromatic carbocycles. The Morgan fingerprint density at radius 3 is 2.45 bits per heavy atom. The first-order valence-corrected chi connectivity index (χ1v) is 7.16. The van der Waals surface area contributed by atoms with Crippen molar-refractivity contribution in [2.24, 2.45) is 4.99 Å². The van der Waals surface area contributed by atoms with E-state index in [0.717, 1.165) is 0 Å². The summed E-state index contributed by atoms with van der Waals surface area (Å²) in [6, 6.07) is 6.72. The van der Waals surface area contributed by atoms with Crippen molar-refractivity contribution < 1.29 is 14.3 Å². The SMILES string of the molecule is COc1cccc(C(=O)N=C2C=C(Br)C(=O)C(Br)=C2)c1. The number of allylic oxidation sites excluding steroid dienone is 4. The monoisotopic (exact) mass is 397 g/mol. The summed E-state index contributed by atoms with van der Waals surface area (Å²) < 4.78 is 5.76. The van der Waals surface area contributed by atoms with Crippen LogP contribution in [0.4, 0.5) is 0 Å². The van der Waals surface area contributed by atoms with E-state index >= 15 is 0 Å². The zero-order valence-electron chi connectivity index (χ0n) is 10.4. The Labute approximate surface area is 132 Å². The summed E-state index contributed by atoms with van der Waals surface area (Å²) in [5, 5.41) is 0. The molecular weight excluding hydrogens is 390 g/mol. The summed E-state index contributed by atoms with van der Waals surface area (Å²) in [5.41, 5.74) is 0.818. The number of halogens is 2. The van der Waals surface area contributed by atoms with Crippen LogP contribution in [-0.2, 0) is 4.79 Å². The zero-order valence-corrected chi connectivity index (χ0v) is 13.6. The van der Waals surface area contributed by atoms with Crippen LogP contribution in [0.1, 0.15) is 10.4 Å².